The number of rotatable bonds is 6. The number of hydrogen-bond donors (Lipinski definition) is 1. The van der Waals surface area contributed by atoms with Gasteiger partial charge in [0.15, 0.2) is 0 Å². The first-order chi connectivity index (χ1) is 8.13. The van der Waals surface area contributed by atoms with Gasteiger partial charge in [0.05, 0.1) is 20.3 Å². The molecule has 0 heterocycles. The standard InChI is InChI=1S/C13H20O4/c1-5-17-9(2)13(14)11-7-6-10(15-3)8-12(11)16-4/h6-9,13-14H,5H2,1-4H3. The van der Waals surface area contributed by atoms with Crippen molar-refractivity contribution in [2.24, 2.45) is 0 Å². The molecule has 96 valence electrons. The third-order valence-electron chi connectivity index (χ3n) is 2.63. The van der Waals surface area contributed by atoms with Crippen molar-refractivity contribution in [3.63, 3.8) is 0 Å². The predicted molar refractivity (Wildman–Crippen MR) is 65.6 cm³/mol. The highest BCUT2D eigenvalue weighted by Crippen LogP contribution is 2.31. The number of methoxy groups -OCH3 is 2. The van der Waals surface area contributed by atoms with Crippen LogP contribution in [0.5, 0.6) is 11.5 Å². The summed E-state index contributed by atoms with van der Waals surface area (Å²) < 4.78 is 15.7. The lowest BCUT2D eigenvalue weighted by molar-refractivity contribution is -0.0236. The van der Waals surface area contributed by atoms with E-state index in [9.17, 15) is 5.11 Å². The topological polar surface area (TPSA) is 47.9 Å². The van der Waals surface area contributed by atoms with E-state index in [1.165, 1.54) is 0 Å². The van der Waals surface area contributed by atoms with Gasteiger partial charge in [-0.05, 0) is 26.0 Å². The second-order valence-electron chi connectivity index (χ2n) is 3.71. The molecule has 1 rings (SSSR count). The molecule has 0 bridgehead atoms. The quantitative estimate of drug-likeness (QED) is 0.827. The maximum atomic E-state index is 10.1. The molecule has 2 unspecified atom stereocenters. The Labute approximate surface area is 102 Å². The third-order valence-corrected chi connectivity index (χ3v) is 2.63. The highest BCUT2D eigenvalue weighted by atomic mass is 16.5. The maximum Gasteiger partial charge on any atom is 0.128 e. The van der Waals surface area contributed by atoms with Gasteiger partial charge in [0.25, 0.3) is 0 Å². The fraction of sp³-hybridized carbons (Fsp3) is 0.538. The first-order valence-electron chi connectivity index (χ1n) is 5.65. The maximum absolute atomic E-state index is 10.1. The number of aliphatic hydroxyl groups excluding tert-OH is 1. The zero-order valence-electron chi connectivity index (χ0n) is 10.8. The summed E-state index contributed by atoms with van der Waals surface area (Å²) in [7, 11) is 3.16. The normalized spacial score (nSPS) is 14.2. The average molecular weight is 240 g/mol. The van der Waals surface area contributed by atoms with Crippen molar-refractivity contribution in [2.45, 2.75) is 26.1 Å². The minimum Gasteiger partial charge on any atom is -0.497 e. The van der Waals surface area contributed by atoms with Crippen LogP contribution in [-0.4, -0.2) is 32.0 Å². The number of hydrogen-bond acceptors (Lipinski definition) is 4. The Hall–Kier alpha value is -1.26. The highest BCUT2D eigenvalue weighted by Gasteiger charge is 2.20. The molecule has 2 atom stereocenters. The summed E-state index contributed by atoms with van der Waals surface area (Å²) in [5, 5.41) is 10.1. The van der Waals surface area contributed by atoms with Gasteiger partial charge in [0.1, 0.15) is 17.6 Å². The summed E-state index contributed by atoms with van der Waals surface area (Å²) in [5.74, 6) is 1.30. The lowest BCUT2D eigenvalue weighted by Gasteiger charge is -2.21. The van der Waals surface area contributed by atoms with E-state index in [1.807, 2.05) is 13.8 Å². The van der Waals surface area contributed by atoms with Gasteiger partial charge in [-0.2, -0.15) is 0 Å². The van der Waals surface area contributed by atoms with E-state index >= 15 is 0 Å². The Morgan fingerprint density at radius 3 is 2.47 bits per heavy atom. The van der Waals surface area contributed by atoms with Gasteiger partial charge >= 0.3 is 0 Å². The van der Waals surface area contributed by atoms with Crippen LogP contribution in [0.1, 0.15) is 25.5 Å². The van der Waals surface area contributed by atoms with Crippen LogP contribution in [0.25, 0.3) is 0 Å². The zero-order chi connectivity index (χ0) is 12.8. The average Bonchev–Trinajstić information content (AvgIpc) is 2.37. The van der Waals surface area contributed by atoms with E-state index in [-0.39, 0.29) is 6.10 Å². The molecule has 0 aliphatic heterocycles. The molecular weight excluding hydrogens is 220 g/mol. The minimum atomic E-state index is -0.712. The van der Waals surface area contributed by atoms with Gasteiger partial charge in [-0.3, -0.25) is 0 Å². The Morgan fingerprint density at radius 1 is 1.24 bits per heavy atom. The molecule has 0 saturated heterocycles. The molecule has 0 spiro atoms. The second kappa shape index (κ2) is 6.47. The molecule has 1 aromatic rings. The molecule has 0 aliphatic rings. The Balaban J connectivity index is 2.96. The van der Waals surface area contributed by atoms with Crippen LogP contribution < -0.4 is 9.47 Å². The largest absolute Gasteiger partial charge is 0.497 e. The molecule has 0 saturated carbocycles. The highest BCUT2D eigenvalue weighted by molar-refractivity contribution is 5.42. The van der Waals surface area contributed by atoms with Crippen molar-refractivity contribution in [1.82, 2.24) is 0 Å². The van der Waals surface area contributed by atoms with Crippen LogP contribution in [0.3, 0.4) is 0 Å². The van der Waals surface area contributed by atoms with Gasteiger partial charge in [-0.1, -0.05) is 0 Å². The lowest BCUT2D eigenvalue weighted by Crippen LogP contribution is -2.19. The van der Waals surface area contributed by atoms with Gasteiger partial charge in [0, 0.05) is 18.2 Å². The molecular formula is C13H20O4. The number of benzene rings is 1. The van der Waals surface area contributed by atoms with Crippen LogP contribution in [0.2, 0.25) is 0 Å². The predicted octanol–water partition coefficient (Wildman–Crippen LogP) is 2.16. The van der Waals surface area contributed by atoms with E-state index in [4.69, 9.17) is 14.2 Å². The molecule has 1 aromatic carbocycles. The summed E-state index contributed by atoms with van der Waals surface area (Å²) in [4.78, 5) is 0. The fourth-order valence-electron chi connectivity index (χ4n) is 1.67. The first-order valence-corrected chi connectivity index (χ1v) is 5.65. The van der Waals surface area contributed by atoms with Crippen molar-refractivity contribution >= 4 is 0 Å². The lowest BCUT2D eigenvalue weighted by atomic mass is 10.0. The summed E-state index contributed by atoms with van der Waals surface area (Å²) in [6, 6.07) is 5.33. The molecule has 0 amide bonds. The number of ether oxygens (including phenoxy) is 3. The van der Waals surface area contributed by atoms with Crippen LogP contribution in [-0.2, 0) is 4.74 Å². The van der Waals surface area contributed by atoms with Gasteiger partial charge in [0.2, 0.25) is 0 Å². The van der Waals surface area contributed by atoms with Crippen LogP contribution >= 0.6 is 0 Å². The van der Waals surface area contributed by atoms with Crippen LogP contribution in [0, 0.1) is 0 Å². The minimum absolute atomic E-state index is 0.276. The molecule has 0 aliphatic carbocycles. The monoisotopic (exact) mass is 240 g/mol. The Kier molecular flexibility index (Phi) is 5.25. The van der Waals surface area contributed by atoms with E-state index in [0.717, 1.165) is 0 Å². The van der Waals surface area contributed by atoms with Gasteiger partial charge in [-0.15, -0.1) is 0 Å². The fourth-order valence-corrected chi connectivity index (χ4v) is 1.67. The molecule has 4 nitrogen and oxygen atoms in total. The zero-order valence-corrected chi connectivity index (χ0v) is 10.8. The molecule has 0 radical (unpaired) electrons. The molecule has 1 N–H and O–H groups in total. The van der Waals surface area contributed by atoms with Crippen molar-refractivity contribution in [2.75, 3.05) is 20.8 Å². The number of aliphatic hydroxyl groups is 1. The van der Waals surface area contributed by atoms with Crippen molar-refractivity contribution in [1.29, 1.82) is 0 Å². The van der Waals surface area contributed by atoms with Crippen molar-refractivity contribution in [3.05, 3.63) is 23.8 Å². The third kappa shape index (κ3) is 3.35. The van der Waals surface area contributed by atoms with Crippen molar-refractivity contribution < 1.29 is 19.3 Å². The van der Waals surface area contributed by atoms with Crippen LogP contribution in [0.15, 0.2) is 18.2 Å². The van der Waals surface area contributed by atoms with Gasteiger partial charge < -0.3 is 19.3 Å². The SMILES string of the molecule is CCOC(C)C(O)c1ccc(OC)cc1OC. The summed E-state index contributed by atoms with van der Waals surface area (Å²) in [6.07, 6.45) is -0.988. The molecule has 0 aromatic heterocycles. The molecule has 0 fully saturated rings. The van der Waals surface area contributed by atoms with Gasteiger partial charge in [-0.25, -0.2) is 0 Å². The van der Waals surface area contributed by atoms with Crippen molar-refractivity contribution in [3.8, 4) is 11.5 Å². The smallest absolute Gasteiger partial charge is 0.128 e. The summed E-state index contributed by atoms with van der Waals surface area (Å²) in [5.41, 5.74) is 0.703. The van der Waals surface area contributed by atoms with E-state index in [2.05, 4.69) is 0 Å². The first kappa shape index (κ1) is 13.8. The van der Waals surface area contributed by atoms with Crippen LogP contribution in [0.4, 0.5) is 0 Å². The second-order valence-corrected chi connectivity index (χ2v) is 3.71. The van der Waals surface area contributed by atoms with E-state index < -0.39 is 6.10 Å². The Bertz CT molecular complexity index is 351. The summed E-state index contributed by atoms with van der Waals surface area (Å²) >= 11 is 0. The van der Waals surface area contributed by atoms with E-state index in [0.29, 0.717) is 23.7 Å². The summed E-state index contributed by atoms with van der Waals surface area (Å²) in [6.45, 7) is 4.29. The van der Waals surface area contributed by atoms with E-state index in [1.54, 1.807) is 32.4 Å². The Morgan fingerprint density at radius 2 is 1.94 bits per heavy atom. The molecule has 4 heteroatoms. The molecule has 17 heavy (non-hydrogen) atoms.